The minimum atomic E-state index is -0.451. The van der Waals surface area contributed by atoms with Crippen LogP contribution in [0.5, 0.6) is 0 Å². The molecule has 0 spiro atoms. The summed E-state index contributed by atoms with van der Waals surface area (Å²) in [6, 6.07) is 23.0. The van der Waals surface area contributed by atoms with E-state index in [-0.39, 0.29) is 18.2 Å². The Hall–Kier alpha value is -4.18. The van der Waals surface area contributed by atoms with Crippen LogP contribution in [0.4, 0.5) is 17.1 Å². The molecule has 3 aromatic carbocycles. The average Bonchev–Trinajstić information content (AvgIpc) is 3.69. The maximum atomic E-state index is 13.3. The summed E-state index contributed by atoms with van der Waals surface area (Å²) in [6.07, 6.45) is 0.292. The van der Waals surface area contributed by atoms with Crippen LogP contribution in [0.15, 0.2) is 72.8 Å². The fourth-order valence-electron chi connectivity index (χ4n) is 5.51. The number of nitrogens with zero attached hydrogens (tertiary/aromatic N) is 3. The molecule has 2 fully saturated rings. The molecule has 0 bridgehead atoms. The number of piperazine rings is 1. The molecule has 9 nitrogen and oxygen atoms in total. The summed E-state index contributed by atoms with van der Waals surface area (Å²) in [5.41, 5.74) is 5.68. The molecule has 9 heteroatoms. The van der Waals surface area contributed by atoms with Crippen molar-refractivity contribution in [3.8, 4) is 0 Å². The summed E-state index contributed by atoms with van der Waals surface area (Å²) in [5.74, 6) is -0.685. The van der Waals surface area contributed by atoms with Gasteiger partial charge in [0.15, 0.2) is 6.23 Å². The monoisotopic (exact) mass is 553 g/mol. The maximum absolute atomic E-state index is 13.3. The van der Waals surface area contributed by atoms with E-state index in [9.17, 15) is 9.59 Å². The SMILES string of the molecule is COC(=O)c1ccc2c(c1)NC(=O)/C2=C(\Nc1ccc(N(C)C2OC2CN2CCN(C)CC2)cc1)c1ccccc1. The van der Waals surface area contributed by atoms with Crippen LogP contribution in [0.25, 0.3) is 11.3 Å². The van der Waals surface area contributed by atoms with Gasteiger partial charge in [0.25, 0.3) is 5.91 Å². The highest BCUT2D eigenvalue weighted by molar-refractivity contribution is 6.37. The van der Waals surface area contributed by atoms with E-state index in [4.69, 9.17) is 9.47 Å². The molecule has 6 rings (SSSR count). The number of esters is 1. The Morgan fingerprint density at radius 2 is 1.76 bits per heavy atom. The van der Waals surface area contributed by atoms with Crippen LogP contribution in [-0.4, -0.2) is 87.9 Å². The van der Waals surface area contributed by atoms with Gasteiger partial charge in [-0.05, 0) is 49.0 Å². The molecule has 0 saturated carbocycles. The second-order valence-corrected chi connectivity index (χ2v) is 10.8. The van der Waals surface area contributed by atoms with Gasteiger partial charge in [0.05, 0.1) is 29.6 Å². The van der Waals surface area contributed by atoms with Crippen LogP contribution in [0, 0.1) is 0 Å². The van der Waals surface area contributed by atoms with Crippen molar-refractivity contribution in [2.24, 2.45) is 0 Å². The highest BCUT2D eigenvalue weighted by atomic mass is 16.6. The molecule has 2 atom stereocenters. The number of amides is 1. The highest BCUT2D eigenvalue weighted by Gasteiger charge is 2.43. The molecule has 0 radical (unpaired) electrons. The number of benzene rings is 3. The number of hydrogen-bond donors (Lipinski definition) is 2. The Balaban J connectivity index is 1.21. The summed E-state index contributed by atoms with van der Waals surface area (Å²) >= 11 is 0. The first kappa shape index (κ1) is 27.0. The van der Waals surface area contributed by atoms with Gasteiger partial charge in [-0.25, -0.2) is 4.79 Å². The Morgan fingerprint density at radius 1 is 1.02 bits per heavy atom. The third-order valence-corrected chi connectivity index (χ3v) is 8.01. The van der Waals surface area contributed by atoms with Gasteiger partial charge in [-0.3, -0.25) is 9.69 Å². The van der Waals surface area contributed by atoms with E-state index in [1.165, 1.54) is 7.11 Å². The van der Waals surface area contributed by atoms with Gasteiger partial charge in [0.2, 0.25) is 0 Å². The zero-order chi connectivity index (χ0) is 28.5. The predicted molar refractivity (Wildman–Crippen MR) is 161 cm³/mol. The van der Waals surface area contributed by atoms with Crippen LogP contribution in [0.3, 0.4) is 0 Å². The van der Waals surface area contributed by atoms with Crippen molar-refractivity contribution in [3.63, 3.8) is 0 Å². The van der Waals surface area contributed by atoms with Crippen LogP contribution in [0.2, 0.25) is 0 Å². The molecule has 0 aliphatic carbocycles. The topological polar surface area (TPSA) is 89.7 Å². The van der Waals surface area contributed by atoms with Gasteiger partial charge >= 0.3 is 5.97 Å². The molecule has 2 unspecified atom stereocenters. The zero-order valence-electron chi connectivity index (χ0n) is 23.6. The molecule has 3 aromatic rings. The number of fused-ring (bicyclic) bond motifs is 1. The maximum Gasteiger partial charge on any atom is 0.337 e. The van der Waals surface area contributed by atoms with Crippen molar-refractivity contribution in [3.05, 3.63) is 89.5 Å². The van der Waals surface area contributed by atoms with Gasteiger partial charge in [-0.15, -0.1) is 0 Å². The lowest BCUT2D eigenvalue weighted by atomic mass is 9.99. The van der Waals surface area contributed by atoms with Gasteiger partial charge in [0.1, 0.15) is 6.10 Å². The third-order valence-electron chi connectivity index (χ3n) is 8.01. The van der Waals surface area contributed by atoms with Crippen LogP contribution < -0.4 is 15.5 Å². The Morgan fingerprint density at radius 3 is 2.46 bits per heavy atom. The van der Waals surface area contributed by atoms with E-state index in [2.05, 4.69) is 51.6 Å². The number of nitrogens with one attached hydrogen (secondary N) is 2. The first-order valence-electron chi connectivity index (χ1n) is 13.9. The number of anilines is 3. The van der Waals surface area contributed by atoms with Crippen molar-refractivity contribution in [1.29, 1.82) is 0 Å². The largest absolute Gasteiger partial charge is 0.465 e. The number of carbonyl (C=O) groups excluding carboxylic acids is 2. The summed E-state index contributed by atoms with van der Waals surface area (Å²) in [7, 11) is 5.57. The summed E-state index contributed by atoms with van der Waals surface area (Å²) in [5, 5.41) is 6.41. The molecule has 3 aliphatic heterocycles. The van der Waals surface area contributed by atoms with E-state index in [1.807, 2.05) is 42.5 Å². The predicted octanol–water partition coefficient (Wildman–Crippen LogP) is 3.81. The number of likely N-dealkylation sites (N-methyl/N-ethyl adjacent to an activating group) is 2. The molecule has 41 heavy (non-hydrogen) atoms. The number of epoxide rings is 1. The number of ether oxygens (including phenoxy) is 2. The summed E-state index contributed by atoms with van der Waals surface area (Å²) < 4.78 is 10.9. The first-order valence-corrected chi connectivity index (χ1v) is 13.9. The Bertz CT molecular complexity index is 1470. The smallest absolute Gasteiger partial charge is 0.337 e. The van der Waals surface area contributed by atoms with Crippen molar-refractivity contribution in [1.82, 2.24) is 9.80 Å². The van der Waals surface area contributed by atoms with Crippen LogP contribution in [-0.2, 0) is 14.3 Å². The molecule has 2 saturated heterocycles. The second kappa shape index (κ2) is 11.4. The van der Waals surface area contributed by atoms with E-state index >= 15 is 0 Å². The Kier molecular flexibility index (Phi) is 7.49. The summed E-state index contributed by atoms with van der Waals surface area (Å²) in [4.78, 5) is 32.3. The highest BCUT2D eigenvalue weighted by Crippen LogP contribution is 2.38. The molecule has 0 aromatic heterocycles. The van der Waals surface area contributed by atoms with Gasteiger partial charge in [-0.1, -0.05) is 36.4 Å². The van der Waals surface area contributed by atoms with Crippen LogP contribution in [0.1, 0.15) is 21.5 Å². The number of rotatable bonds is 8. The number of methoxy groups -OCH3 is 1. The van der Waals surface area contributed by atoms with Crippen molar-refractivity contribution >= 4 is 40.2 Å². The molecule has 1 amide bonds. The van der Waals surface area contributed by atoms with E-state index in [0.717, 1.165) is 55.2 Å². The normalized spacial score (nSPS) is 21.6. The summed E-state index contributed by atoms with van der Waals surface area (Å²) in [6.45, 7) is 5.33. The third kappa shape index (κ3) is 5.69. The zero-order valence-corrected chi connectivity index (χ0v) is 23.6. The number of hydrogen-bond acceptors (Lipinski definition) is 8. The lowest BCUT2D eigenvalue weighted by Gasteiger charge is -2.32. The number of carbonyl (C=O) groups is 2. The molecular formula is C32H35N5O4. The van der Waals surface area contributed by atoms with Gasteiger partial charge in [-0.2, -0.15) is 0 Å². The van der Waals surface area contributed by atoms with E-state index in [1.54, 1.807) is 18.2 Å². The quantitative estimate of drug-likeness (QED) is 0.247. The molecular weight excluding hydrogens is 518 g/mol. The van der Waals surface area contributed by atoms with Gasteiger partial charge < -0.3 is 29.9 Å². The van der Waals surface area contributed by atoms with Gasteiger partial charge in [0, 0.05) is 56.7 Å². The first-order chi connectivity index (χ1) is 19.9. The second-order valence-electron chi connectivity index (χ2n) is 10.8. The fraction of sp³-hybridized carbons (Fsp3) is 0.312. The molecule has 3 heterocycles. The lowest BCUT2D eigenvalue weighted by Crippen LogP contribution is -2.46. The lowest BCUT2D eigenvalue weighted by molar-refractivity contribution is -0.110. The average molecular weight is 554 g/mol. The van der Waals surface area contributed by atoms with Crippen molar-refractivity contribution in [2.75, 3.05) is 69.5 Å². The standard InChI is InChI=1S/C32H35N5O4/c1-35-15-17-37(18-16-35)20-27-31(41-27)36(2)24-12-10-23(11-13-24)33-29(21-7-5-4-6-8-21)28-25-14-9-22(32(39)40-3)19-26(25)34-30(28)38/h4-14,19,27,31,33H,15-18,20H2,1-3H3,(H,34,38)/b29-28-. The minimum absolute atomic E-state index is 0.0732. The van der Waals surface area contributed by atoms with Crippen molar-refractivity contribution < 1.29 is 19.1 Å². The van der Waals surface area contributed by atoms with Crippen LogP contribution >= 0.6 is 0 Å². The van der Waals surface area contributed by atoms with E-state index < -0.39 is 5.97 Å². The molecule has 212 valence electrons. The van der Waals surface area contributed by atoms with E-state index in [0.29, 0.717) is 22.5 Å². The molecule has 3 aliphatic rings. The Labute approximate surface area is 240 Å². The minimum Gasteiger partial charge on any atom is -0.465 e. The fourth-order valence-corrected chi connectivity index (χ4v) is 5.51. The molecule has 2 N–H and O–H groups in total. The van der Waals surface area contributed by atoms with Crippen molar-refractivity contribution in [2.45, 2.75) is 12.3 Å².